The van der Waals surface area contributed by atoms with Crippen LogP contribution in [0.25, 0.3) is 11.5 Å². The van der Waals surface area contributed by atoms with Crippen LogP contribution in [0.2, 0.25) is 0 Å². The zero-order chi connectivity index (χ0) is 18.4. The minimum absolute atomic E-state index is 0.269. The van der Waals surface area contributed by atoms with Gasteiger partial charge in [0.15, 0.2) is 5.82 Å². The largest absolute Gasteiger partial charge is 0.334 e. The van der Waals surface area contributed by atoms with Gasteiger partial charge in [-0.25, -0.2) is 8.42 Å². The molecule has 2 N–H and O–H groups in total. The summed E-state index contributed by atoms with van der Waals surface area (Å²) in [6.45, 7) is 3.05. The molecule has 0 bridgehead atoms. The molecule has 2 aliphatic rings. The van der Waals surface area contributed by atoms with Gasteiger partial charge >= 0.3 is 0 Å². The van der Waals surface area contributed by atoms with Gasteiger partial charge in [0, 0.05) is 18.7 Å². The predicted molar refractivity (Wildman–Crippen MR) is 96.8 cm³/mol. The van der Waals surface area contributed by atoms with Gasteiger partial charge < -0.3 is 10.3 Å². The predicted octanol–water partition coefficient (Wildman–Crippen LogP) is 2.56. The third-order valence-corrected chi connectivity index (χ3v) is 7.40. The van der Waals surface area contributed by atoms with Crippen molar-refractivity contribution in [2.24, 2.45) is 5.73 Å². The van der Waals surface area contributed by atoms with Crippen LogP contribution in [0.15, 0.2) is 27.6 Å². The van der Waals surface area contributed by atoms with Gasteiger partial charge in [-0.2, -0.15) is 9.29 Å². The second-order valence-corrected chi connectivity index (χ2v) is 9.31. The summed E-state index contributed by atoms with van der Waals surface area (Å²) in [5.41, 5.74) is 7.29. The van der Waals surface area contributed by atoms with Gasteiger partial charge in [-0.05, 0) is 56.7 Å². The lowest BCUT2D eigenvalue weighted by Crippen LogP contribution is -2.44. The van der Waals surface area contributed by atoms with E-state index in [0.29, 0.717) is 30.4 Å². The zero-order valence-corrected chi connectivity index (χ0v) is 15.8. The Morgan fingerprint density at radius 2 is 1.88 bits per heavy atom. The molecule has 1 saturated carbocycles. The summed E-state index contributed by atoms with van der Waals surface area (Å²) in [4.78, 5) is 4.73. The summed E-state index contributed by atoms with van der Waals surface area (Å²) in [5, 5.41) is 4.04. The van der Waals surface area contributed by atoms with E-state index in [2.05, 4.69) is 10.1 Å². The number of nitrogens with two attached hydrogens (primary N) is 1. The molecule has 1 aromatic carbocycles. The first kappa shape index (κ1) is 17.6. The average Bonchev–Trinajstić information content (AvgIpc) is 3.11. The molecule has 0 amide bonds. The van der Waals surface area contributed by atoms with E-state index in [0.717, 1.165) is 44.1 Å². The highest BCUT2D eigenvalue weighted by Gasteiger charge is 2.39. The van der Waals surface area contributed by atoms with Gasteiger partial charge in [0.1, 0.15) is 0 Å². The lowest BCUT2D eigenvalue weighted by molar-refractivity contribution is 0.229. The lowest BCUT2D eigenvalue weighted by atomic mass is 9.77. The summed E-state index contributed by atoms with van der Waals surface area (Å²) in [5.74, 6) is 0.826. The molecule has 0 radical (unpaired) electrons. The number of aryl methyl sites for hydroxylation is 1. The average molecular weight is 376 g/mol. The van der Waals surface area contributed by atoms with Crippen molar-refractivity contribution in [3.63, 3.8) is 0 Å². The molecule has 0 atom stereocenters. The van der Waals surface area contributed by atoms with Gasteiger partial charge in [0.05, 0.1) is 10.4 Å². The summed E-state index contributed by atoms with van der Waals surface area (Å²) in [6, 6.07) is 5.08. The number of rotatable bonds is 4. The van der Waals surface area contributed by atoms with Crippen LogP contribution in [0.1, 0.15) is 49.9 Å². The Balaban J connectivity index is 1.68. The molecule has 26 heavy (non-hydrogen) atoms. The number of hydrogen-bond donors (Lipinski definition) is 1. The van der Waals surface area contributed by atoms with Gasteiger partial charge in [0.25, 0.3) is 5.89 Å². The van der Waals surface area contributed by atoms with Crippen LogP contribution in [-0.4, -0.2) is 36.0 Å². The van der Waals surface area contributed by atoms with Crippen molar-refractivity contribution < 1.29 is 12.9 Å². The molecular weight excluding hydrogens is 352 g/mol. The van der Waals surface area contributed by atoms with E-state index in [-0.39, 0.29) is 4.90 Å². The van der Waals surface area contributed by atoms with Crippen LogP contribution in [0, 0.1) is 6.92 Å². The second kappa shape index (κ2) is 6.44. The van der Waals surface area contributed by atoms with Gasteiger partial charge in [0.2, 0.25) is 10.0 Å². The van der Waals surface area contributed by atoms with Gasteiger partial charge in [-0.15, -0.1) is 0 Å². The minimum Gasteiger partial charge on any atom is -0.334 e. The highest BCUT2D eigenvalue weighted by Crippen LogP contribution is 2.38. The normalized spacial score (nSPS) is 20.7. The highest BCUT2D eigenvalue weighted by atomic mass is 32.2. The second-order valence-electron chi connectivity index (χ2n) is 7.37. The fraction of sp³-hybridized carbons (Fsp3) is 0.556. The molecule has 1 saturated heterocycles. The molecule has 2 aromatic rings. The summed E-state index contributed by atoms with van der Waals surface area (Å²) in [7, 11) is -3.51. The van der Waals surface area contributed by atoms with Crippen molar-refractivity contribution in [1.82, 2.24) is 14.4 Å². The van der Waals surface area contributed by atoms with Crippen LogP contribution in [0.3, 0.4) is 0 Å². The van der Waals surface area contributed by atoms with Crippen molar-refractivity contribution in [2.45, 2.75) is 55.9 Å². The van der Waals surface area contributed by atoms with Crippen LogP contribution in [0.4, 0.5) is 0 Å². The van der Waals surface area contributed by atoms with E-state index in [1.165, 1.54) is 0 Å². The lowest BCUT2D eigenvalue weighted by Gasteiger charge is -2.34. The highest BCUT2D eigenvalue weighted by molar-refractivity contribution is 7.89. The van der Waals surface area contributed by atoms with Crippen molar-refractivity contribution >= 4 is 10.0 Å². The third kappa shape index (κ3) is 2.95. The minimum atomic E-state index is -3.51. The molecule has 0 spiro atoms. The van der Waals surface area contributed by atoms with E-state index < -0.39 is 15.6 Å². The summed E-state index contributed by atoms with van der Waals surface area (Å²) < 4.78 is 32.9. The Kier molecular flexibility index (Phi) is 4.37. The number of nitrogens with zero attached hydrogens (tertiary/aromatic N) is 3. The zero-order valence-electron chi connectivity index (χ0n) is 14.9. The Labute approximate surface area is 153 Å². The Morgan fingerprint density at radius 1 is 1.15 bits per heavy atom. The molecule has 2 heterocycles. The van der Waals surface area contributed by atoms with E-state index in [1.54, 1.807) is 22.5 Å². The molecule has 1 aromatic heterocycles. The number of aromatic nitrogens is 2. The van der Waals surface area contributed by atoms with Gasteiger partial charge in [-0.1, -0.05) is 17.6 Å². The molecule has 4 rings (SSSR count). The van der Waals surface area contributed by atoms with Crippen molar-refractivity contribution in [3.05, 3.63) is 29.6 Å². The standard InChI is InChI=1S/C18H24N4O3S/c1-13-6-7-14(26(23,24)22-10-3-2-4-11-22)12-15(13)16-20-17(21-25-16)18(19)8-5-9-18/h6-7,12H,2-5,8-11,19H2,1H3. The molecular formula is C18H24N4O3S. The maximum Gasteiger partial charge on any atom is 0.258 e. The summed E-state index contributed by atoms with van der Waals surface area (Å²) in [6.07, 6.45) is 5.63. The summed E-state index contributed by atoms with van der Waals surface area (Å²) >= 11 is 0. The maximum atomic E-state index is 12.9. The molecule has 7 nitrogen and oxygen atoms in total. The van der Waals surface area contributed by atoms with E-state index in [1.807, 2.05) is 6.92 Å². The van der Waals surface area contributed by atoms with Crippen LogP contribution in [-0.2, 0) is 15.6 Å². The Morgan fingerprint density at radius 3 is 2.54 bits per heavy atom. The number of benzene rings is 1. The van der Waals surface area contributed by atoms with Crippen molar-refractivity contribution in [3.8, 4) is 11.5 Å². The number of piperidine rings is 1. The number of sulfonamides is 1. The van der Waals surface area contributed by atoms with E-state index >= 15 is 0 Å². The molecule has 2 fully saturated rings. The first-order chi connectivity index (χ1) is 12.4. The fourth-order valence-electron chi connectivity index (χ4n) is 3.56. The molecule has 8 heteroatoms. The number of hydrogen-bond acceptors (Lipinski definition) is 6. The van der Waals surface area contributed by atoms with Crippen LogP contribution in [0.5, 0.6) is 0 Å². The topological polar surface area (TPSA) is 102 Å². The molecule has 1 aliphatic heterocycles. The molecule has 1 aliphatic carbocycles. The Hall–Kier alpha value is -1.77. The Bertz CT molecular complexity index is 912. The third-order valence-electron chi connectivity index (χ3n) is 5.51. The van der Waals surface area contributed by atoms with E-state index in [4.69, 9.17) is 10.3 Å². The first-order valence-electron chi connectivity index (χ1n) is 9.14. The quantitative estimate of drug-likeness (QED) is 0.880. The maximum absolute atomic E-state index is 12.9. The van der Waals surface area contributed by atoms with Crippen LogP contribution < -0.4 is 5.73 Å². The SMILES string of the molecule is Cc1ccc(S(=O)(=O)N2CCCCC2)cc1-c1nc(C2(N)CCC2)no1. The van der Waals surface area contributed by atoms with E-state index in [9.17, 15) is 8.42 Å². The fourth-order valence-corrected chi connectivity index (χ4v) is 5.11. The van der Waals surface area contributed by atoms with Crippen molar-refractivity contribution in [2.75, 3.05) is 13.1 Å². The smallest absolute Gasteiger partial charge is 0.258 e. The van der Waals surface area contributed by atoms with Crippen molar-refractivity contribution in [1.29, 1.82) is 0 Å². The van der Waals surface area contributed by atoms with Crippen LogP contribution >= 0.6 is 0 Å². The molecule has 0 unspecified atom stereocenters. The first-order valence-corrected chi connectivity index (χ1v) is 10.6. The monoisotopic (exact) mass is 376 g/mol. The van der Waals surface area contributed by atoms with Gasteiger partial charge in [-0.3, -0.25) is 0 Å². The molecule has 140 valence electrons.